The Labute approximate surface area is 298 Å². The number of piperidine rings is 1. The lowest BCUT2D eigenvalue weighted by Crippen LogP contribution is -2.53. The Morgan fingerprint density at radius 1 is 1.02 bits per heavy atom. The van der Waals surface area contributed by atoms with E-state index in [1.807, 2.05) is 24.3 Å². The SMILES string of the molecule is CN(Cc1ccc(-c2[nH]c3cc(F)cc4c3c2CCNC4=O)cc1)C(=O)CCCCSc1cccc(C=O)c1C(=O)N(C)C1CCC(=O)NC1=O. The molecule has 3 aromatic carbocycles. The van der Waals surface area contributed by atoms with Crippen molar-refractivity contribution in [2.45, 2.75) is 56.0 Å². The van der Waals surface area contributed by atoms with Crippen LogP contribution in [0.15, 0.2) is 59.5 Å². The number of amides is 5. The van der Waals surface area contributed by atoms with Gasteiger partial charge in [-0.25, -0.2) is 4.39 Å². The highest BCUT2D eigenvalue weighted by Crippen LogP contribution is 2.35. The molecule has 3 N–H and O–H groups in total. The zero-order chi connectivity index (χ0) is 36.2. The van der Waals surface area contributed by atoms with Gasteiger partial charge in [0.2, 0.25) is 17.7 Å². The number of nitrogens with zero attached hydrogens (tertiary/aromatic N) is 2. The third-order valence-electron chi connectivity index (χ3n) is 9.40. The molecular weight excluding hydrogens is 674 g/mol. The predicted molar refractivity (Wildman–Crippen MR) is 191 cm³/mol. The summed E-state index contributed by atoms with van der Waals surface area (Å²) in [5, 5.41) is 5.85. The fraction of sp³-hybridized carbons (Fsp3) is 0.316. The minimum atomic E-state index is -0.809. The third-order valence-corrected chi connectivity index (χ3v) is 10.5. The molecule has 5 amide bonds. The summed E-state index contributed by atoms with van der Waals surface area (Å²) in [5.41, 5.74) is 5.02. The minimum absolute atomic E-state index is 0.00298. The average molecular weight is 712 g/mol. The summed E-state index contributed by atoms with van der Waals surface area (Å²) in [4.78, 5) is 81.7. The van der Waals surface area contributed by atoms with Gasteiger partial charge in [0.05, 0.1) is 11.1 Å². The van der Waals surface area contributed by atoms with Crippen molar-refractivity contribution in [2.75, 3.05) is 26.4 Å². The van der Waals surface area contributed by atoms with Crippen molar-refractivity contribution in [1.29, 1.82) is 0 Å². The number of aldehydes is 1. The number of benzene rings is 3. The van der Waals surface area contributed by atoms with Crippen LogP contribution in [0.4, 0.5) is 4.39 Å². The van der Waals surface area contributed by atoms with Gasteiger partial charge >= 0.3 is 0 Å². The quantitative estimate of drug-likeness (QED) is 0.0822. The van der Waals surface area contributed by atoms with E-state index in [1.54, 1.807) is 30.1 Å². The van der Waals surface area contributed by atoms with Crippen molar-refractivity contribution in [1.82, 2.24) is 25.4 Å². The van der Waals surface area contributed by atoms with Gasteiger partial charge in [-0.3, -0.25) is 34.1 Å². The molecule has 3 heterocycles. The number of halogens is 1. The van der Waals surface area contributed by atoms with Gasteiger partial charge in [0.15, 0.2) is 6.29 Å². The highest BCUT2D eigenvalue weighted by atomic mass is 32.2. The van der Waals surface area contributed by atoms with Gasteiger partial charge in [-0.05, 0) is 66.3 Å². The van der Waals surface area contributed by atoms with Crippen LogP contribution < -0.4 is 10.6 Å². The predicted octanol–water partition coefficient (Wildman–Crippen LogP) is 4.87. The third kappa shape index (κ3) is 7.58. The summed E-state index contributed by atoms with van der Waals surface area (Å²) < 4.78 is 14.3. The largest absolute Gasteiger partial charge is 0.354 e. The standard InChI is InChI=1S/C38H38FN5O6S/c1-43(20-22-9-11-23(12-10-22)35-26-15-16-40-36(48)27-18-25(39)19-28(41-35)34(26)27)32(47)8-3-4-17-51-30-7-5-6-24(21-45)33(30)38(50)44(2)29-13-14-31(46)42-37(29)49/h5-7,9-12,18-19,21,29,41H,3-4,8,13-17,20H2,1-2H3,(H,40,48)(H,42,46,49). The molecule has 1 aromatic heterocycles. The van der Waals surface area contributed by atoms with Gasteiger partial charge in [-0.1, -0.05) is 36.4 Å². The Bertz CT molecular complexity index is 2040. The van der Waals surface area contributed by atoms with Crippen LogP contribution in [0, 0.1) is 5.82 Å². The fourth-order valence-electron chi connectivity index (χ4n) is 6.69. The van der Waals surface area contributed by atoms with Crippen LogP contribution in [0.1, 0.15) is 74.3 Å². The molecule has 1 unspecified atom stereocenters. The van der Waals surface area contributed by atoms with E-state index in [1.165, 1.54) is 35.8 Å². The molecule has 0 saturated carbocycles. The van der Waals surface area contributed by atoms with E-state index in [0.717, 1.165) is 27.8 Å². The van der Waals surface area contributed by atoms with Gasteiger partial charge in [0.25, 0.3) is 11.8 Å². The Morgan fingerprint density at radius 3 is 2.55 bits per heavy atom. The number of imide groups is 1. The van der Waals surface area contributed by atoms with Gasteiger partial charge < -0.3 is 20.1 Å². The summed E-state index contributed by atoms with van der Waals surface area (Å²) in [6.45, 7) is 0.878. The molecule has 1 atom stereocenters. The van der Waals surface area contributed by atoms with Crippen molar-refractivity contribution in [3.8, 4) is 11.3 Å². The van der Waals surface area contributed by atoms with Crippen molar-refractivity contribution >= 4 is 58.5 Å². The summed E-state index contributed by atoms with van der Waals surface area (Å²) in [6.07, 6.45) is 3.25. The molecule has 51 heavy (non-hydrogen) atoms. The number of hydrogen-bond acceptors (Lipinski definition) is 7. The minimum Gasteiger partial charge on any atom is -0.354 e. The topological polar surface area (TPSA) is 149 Å². The van der Waals surface area contributed by atoms with E-state index in [-0.39, 0.29) is 41.7 Å². The summed E-state index contributed by atoms with van der Waals surface area (Å²) >= 11 is 1.42. The molecular formula is C38H38FN5O6S. The maximum absolute atomic E-state index is 14.3. The van der Waals surface area contributed by atoms with Gasteiger partial charge in [0, 0.05) is 67.1 Å². The maximum Gasteiger partial charge on any atom is 0.256 e. The van der Waals surface area contributed by atoms with Crippen LogP contribution >= 0.6 is 11.8 Å². The highest BCUT2D eigenvalue weighted by molar-refractivity contribution is 7.99. The summed E-state index contributed by atoms with van der Waals surface area (Å²) in [7, 11) is 3.26. The van der Waals surface area contributed by atoms with Crippen LogP contribution in [0.2, 0.25) is 0 Å². The van der Waals surface area contributed by atoms with Crippen molar-refractivity contribution in [3.63, 3.8) is 0 Å². The molecule has 13 heteroatoms. The first-order chi connectivity index (χ1) is 24.5. The Balaban J connectivity index is 1.02. The number of rotatable bonds is 12. The molecule has 0 bridgehead atoms. The maximum atomic E-state index is 14.3. The Morgan fingerprint density at radius 2 is 1.80 bits per heavy atom. The molecule has 2 aliphatic rings. The first-order valence-corrected chi connectivity index (χ1v) is 17.8. The van der Waals surface area contributed by atoms with Crippen molar-refractivity contribution in [3.05, 3.63) is 88.2 Å². The number of thioether (sulfide) groups is 1. The molecule has 1 saturated heterocycles. The van der Waals surface area contributed by atoms with Gasteiger partial charge in [-0.2, -0.15) is 0 Å². The van der Waals surface area contributed by atoms with Crippen LogP contribution in [0.5, 0.6) is 0 Å². The molecule has 0 spiro atoms. The second kappa shape index (κ2) is 15.3. The molecule has 0 radical (unpaired) electrons. The zero-order valence-electron chi connectivity index (χ0n) is 28.3. The number of unbranched alkanes of at least 4 members (excludes halogenated alkanes) is 1. The van der Waals surface area contributed by atoms with E-state index in [4.69, 9.17) is 0 Å². The van der Waals surface area contributed by atoms with E-state index >= 15 is 0 Å². The lowest BCUT2D eigenvalue weighted by molar-refractivity contribution is -0.136. The fourth-order valence-corrected chi connectivity index (χ4v) is 7.79. The number of H-pyrrole nitrogens is 1. The number of carbonyl (C=O) groups is 6. The van der Waals surface area contributed by atoms with Crippen LogP contribution in [0.25, 0.3) is 22.2 Å². The number of carbonyl (C=O) groups excluding carboxylic acids is 6. The van der Waals surface area contributed by atoms with Crippen molar-refractivity contribution < 1.29 is 33.2 Å². The van der Waals surface area contributed by atoms with Gasteiger partial charge in [0.1, 0.15) is 11.9 Å². The monoisotopic (exact) mass is 711 g/mol. The first kappa shape index (κ1) is 35.5. The molecule has 0 aliphatic carbocycles. The van der Waals surface area contributed by atoms with Crippen LogP contribution in [-0.2, 0) is 27.3 Å². The Hall–Kier alpha value is -5.30. The average Bonchev–Trinajstić information content (AvgIpc) is 3.39. The molecule has 11 nitrogen and oxygen atoms in total. The number of hydrogen-bond donors (Lipinski definition) is 3. The number of aromatic amines is 1. The van der Waals surface area contributed by atoms with Crippen LogP contribution in [-0.4, -0.2) is 83.0 Å². The molecule has 264 valence electrons. The summed E-state index contributed by atoms with van der Waals surface area (Å²) in [6, 6.07) is 14.7. The first-order valence-electron chi connectivity index (χ1n) is 16.8. The zero-order valence-corrected chi connectivity index (χ0v) is 29.2. The second-order valence-corrected chi connectivity index (χ2v) is 14.0. The molecule has 1 fully saturated rings. The van der Waals surface area contributed by atoms with E-state index in [9.17, 15) is 33.2 Å². The molecule has 6 rings (SSSR count). The van der Waals surface area contributed by atoms with E-state index < -0.39 is 23.7 Å². The van der Waals surface area contributed by atoms with Crippen molar-refractivity contribution in [2.24, 2.45) is 0 Å². The molecule has 2 aliphatic heterocycles. The lowest BCUT2D eigenvalue weighted by atomic mass is 9.99. The second-order valence-electron chi connectivity index (χ2n) is 12.8. The van der Waals surface area contributed by atoms with Gasteiger partial charge in [-0.15, -0.1) is 11.8 Å². The van der Waals surface area contributed by atoms with E-state index in [0.29, 0.717) is 66.8 Å². The lowest BCUT2D eigenvalue weighted by Gasteiger charge is -2.30. The van der Waals surface area contributed by atoms with Crippen LogP contribution in [0.3, 0.4) is 0 Å². The van der Waals surface area contributed by atoms with E-state index in [2.05, 4.69) is 15.6 Å². The highest BCUT2D eigenvalue weighted by Gasteiger charge is 2.34. The number of likely N-dealkylation sites (N-methyl/N-ethyl adjacent to an activating group) is 1. The summed E-state index contributed by atoms with van der Waals surface area (Å²) in [5.74, 6) is -1.53. The Kier molecular flexibility index (Phi) is 10.7. The number of aromatic nitrogens is 1. The smallest absolute Gasteiger partial charge is 0.256 e. The number of nitrogens with one attached hydrogen (secondary N) is 3. The normalized spacial score (nSPS) is 15.6. The molecule has 4 aromatic rings.